The van der Waals surface area contributed by atoms with Crippen LogP contribution in [-0.2, 0) is 24.6 Å². The molecule has 0 radical (unpaired) electrons. The minimum absolute atomic E-state index is 0.149. The summed E-state index contributed by atoms with van der Waals surface area (Å²) >= 11 is 0. The molecule has 7 nitrogen and oxygen atoms in total. The Labute approximate surface area is 228 Å². The predicted octanol–water partition coefficient (Wildman–Crippen LogP) is 5.68. The summed E-state index contributed by atoms with van der Waals surface area (Å²) in [5.74, 6) is 0.860. The zero-order chi connectivity index (χ0) is 27.5. The highest BCUT2D eigenvalue weighted by atomic mass is 16.5. The second kappa shape index (κ2) is 13.8. The van der Waals surface area contributed by atoms with Crippen LogP contribution in [0.15, 0.2) is 91.0 Å². The molecule has 3 N–H and O–H groups in total. The number of ether oxygens (including phenoxy) is 2. The normalized spacial score (nSPS) is 10.5. The van der Waals surface area contributed by atoms with Crippen molar-refractivity contribution in [2.75, 3.05) is 6.54 Å². The van der Waals surface area contributed by atoms with Gasteiger partial charge in [0.2, 0.25) is 5.91 Å². The van der Waals surface area contributed by atoms with Gasteiger partial charge in [0.05, 0.1) is 11.6 Å². The molecule has 0 aliphatic rings. The van der Waals surface area contributed by atoms with Crippen molar-refractivity contribution in [3.05, 3.63) is 119 Å². The van der Waals surface area contributed by atoms with E-state index in [-0.39, 0.29) is 13.0 Å². The molecular weight excluding hydrogens is 490 g/mol. The summed E-state index contributed by atoms with van der Waals surface area (Å²) in [5, 5.41) is 21.1. The maximum Gasteiger partial charge on any atom is 0.244 e. The number of nitrogens with zero attached hydrogens (tertiary/aromatic N) is 1. The summed E-state index contributed by atoms with van der Waals surface area (Å²) in [6.45, 7) is 3.66. The van der Waals surface area contributed by atoms with E-state index in [1.165, 1.54) is 16.7 Å². The number of amides is 1. The van der Waals surface area contributed by atoms with E-state index in [1.54, 1.807) is 17.6 Å². The summed E-state index contributed by atoms with van der Waals surface area (Å²) in [6, 6.07) is 31.7. The van der Waals surface area contributed by atoms with Gasteiger partial charge in [0.15, 0.2) is 0 Å². The van der Waals surface area contributed by atoms with Crippen molar-refractivity contribution in [3.63, 3.8) is 0 Å². The molecule has 4 aromatic carbocycles. The largest absolute Gasteiger partial charge is 0.489 e. The zero-order valence-electron chi connectivity index (χ0n) is 21.8. The Balaban J connectivity index is 1.49. The molecule has 7 heteroatoms. The van der Waals surface area contributed by atoms with Gasteiger partial charge in [-0.2, -0.15) is 5.26 Å². The standard InChI is InChI=1S/C32H31N3O4/c1-23-28(11-6-12-30(23)26-9-3-2-4-10-26)22-38-29-14-13-27(20-34-16-15-32(36)35-37)31(18-29)39-21-25-8-5-7-24(17-25)19-33/h2-14,17-18,34,37H,15-16,20-22H2,1H3,(H,35,36). The average Bonchev–Trinajstić information content (AvgIpc) is 2.98. The Morgan fingerprint density at radius 1 is 0.897 bits per heavy atom. The van der Waals surface area contributed by atoms with Crippen molar-refractivity contribution >= 4 is 5.91 Å². The summed E-state index contributed by atoms with van der Waals surface area (Å²) < 4.78 is 12.4. The van der Waals surface area contributed by atoms with Gasteiger partial charge in [-0.1, -0.05) is 66.7 Å². The van der Waals surface area contributed by atoms with Crippen LogP contribution in [0.3, 0.4) is 0 Å². The van der Waals surface area contributed by atoms with Gasteiger partial charge in [0.1, 0.15) is 24.7 Å². The third-order valence-electron chi connectivity index (χ3n) is 6.38. The number of hydroxylamine groups is 1. The molecule has 4 aromatic rings. The Bertz CT molecular complexity index is 1450. The van der Waals surface area contributed by atoms with Crippen molar-refractivity contribution in [3.8, 4) is 28.7 Å². The molecule has 0 spiro atoms. The highest BCUT2D eigenvalue weighted by molar-refractivity contribution is 5.74. The lowest BCUT2D eigenvalue weighted by Crippen LogP contribution is -2.25. The first-order valence-electron chi connectivity index (χ1n) is 12.7. The van der Waals surface area contributed by atoms with Crippen molar-refractivity contribution in [1.29, 1.82) is 5.26 Å². The van der Waals surface area contributed by atoms with E-state index in [0.717, 1.165) is 16.7 Å². The second-order valence-corrected chi connectivity index (χ2v) is 9.08. The second-order valence-electron chi connectivity index (χ2n) is 9.08. The maximum absolute atomic E-state index is 11.3. The molecule has 39 heavy (non-hydrogen) atoms. The first kappa shape index (κ1) is 27.4. The summed E-state index contributed by atoms with van der Waals surface area (Å²) in [6.07, 6.45) is 0.149. The molecule has 0 aliphatic heterocycles. The van der Waals surface area contributed by atoms with Crippen LogP contribution in [0, 0.1) is 18.3 Å². The van der Waals surface area contributed by atoms with Crippen LogP contribution in [0.25, 0.3) is 11.1 Å². The third kappa shape index (κ3) is 7.68. The van der Waals surface area contributed by atoms with Crippen LogP contribution >= 0.6 is 0 Å². The molecule has 0 bridgehead atoms. The predicted molar refractivity (Wildman–Crippen MR) is 149 cm³/mol. The van der Waals surface area contributed by atoms with Crippen molar-refractivity contribution < 1.29 is 19.5 Å². The molecule has 0 aliphatic carbocycles. The molecule has 0 heterocycles. The molecule has 0 fully saturated rings. The fourth-order valence-electron chi connectivity index (χ4n) is 4.21. The zero-order valence-corrected chi connectivity index (χ0v) is 21.8. The number of nitrogens with one attached hydrogen (secondary N) is 2. The van der Waals surface area contributed by atoms with E-state index < -0.39 is 5.91 Å². The Morgan fingerprint density at radius 3 is 2.51 bits per heavy atom. The highest BCUT2D eigenvalue weighted by Gasteiger charge is 2.11. The average molecular weight is 522 g/mol. The van der Waals surface area contributed by atoms with E-state index in [4.69, 9.17) is 14.7 Å². The van der Waals surface area contributed by atoms with E-state index in [2.05, 4.69) is 42.6 Å². The van der Waals surface area contributed by atoms with E-state index in [9.17, 15) is 10.1 Å². The van der Waals surface area contributed by atoms with Crippen molar-refractivity contribution in [2.24, 2.45) is 0 Å². The maximum atomic E-state index is 11.3. The van der Waals surface area contributed by atoms with E-state index in [1.807, 2.05) is 54.6 Å². The first-order valence-corrected chi connectivity index (χ1v) is 12.7. The lowest BCUT2D eigenvalue weighted by atomic mass is 9.97. The molecule has 1 amide bonds. The van der Waals surface area contributed by atoms with Gasteiger partial charge >= 0.3 is 0 Å². The Morgan fingerprint density at radius 2 is 1.72 bits per heavy atom. The van der Waals surface area contributed by atoms with Crippen molar-refractivity contribution in [2.45, 2.75) is 33.1 Å². The van der Waals surface area contributed by atoms with Crippen LogP contribution in [-0.4, -0.2) is 17.7 Å². The highest BCUT2D eigenvalue weighted by Crippen LogP contribution is 2.29. The number of hydrogen-bond acceptors (Lipinski definition) is 6. The molecule has 198 valence electrons. The monoisotopic (exact) mass is 521 g/mol. The van der Waals surface area contributed by atoms with E-state index in [0.29, 0.717) is 36.8 Å². The number of hydrogen-bond donors (Lipinski definition) is 3. The SMILES string of the molecule is Cc1c(COc2ccc(CNCCC(=O)NO)c(OCc3cccc(C#N)c3)c2)cccc1-c1ccccc1. The minimum atomic E-state index is -0.452. The van der Waals surface area contributed by atoms with Crippen molar-refractivity contribution in [1.82, 2.24) is 10.8 Å². The fraction of sp³-hybridized carbons (Fsp3) is 0.188. The molecule has 4 rings (SSSR count). The lowest BCUT2D eigenvalue weighted by molar-refractivity contribution is -0.129. The van der Waals surface area contributed by atoms with Crippen LogP contribution in [0.1, 0.15) is 34.2 Å². The van der Waals surface area contributed by atoms with Crippen LogP contribution in [0.5, 0.6) is 11.5 Å². The van der Waals surface area contributed by atoms with Gasteiger partial charge in [0.25, 0.3) is 0 Å². The fourth-order valence-corrected chi connectivity index (χ4v) is 4.21. The first-order chi connectivity index (χ1) is 19.1. The molecule has 0 unspecified atom stereocenters. The number of nitriles is 1. The summed E-state index contributed by atoms with van der Waals surface area (Å²) in [4.78, 5) is 11.3. The van der Waals surface area contributed by atoms with Gasteiger partial charge in [-0.3, -0.25) is 10.0 Å². The van der Waals surface area contributed by atoms with Gasteiger partial charge in [-0.15, -0.1) is 0 Å². The van der Waals surface area contributed by atoms with Crippen LogP contribution in [0.2, 0.25) is 0 Å². The summed E-state index contributed by atoms with van der Waals surface area (Å²) in [5.41, 5.74) is 8.60. The van der Waals surface area contributed by atoms with Gasteiger partial charge in [-0.25, -0.2) is 5.48 Å². The smallest absolute Gasteiger partial charge is 0.244 e. The number of benzene rings is 4. The van der Waals surface area contributed by atoms with Gasteiger partial charge in [0, 0.05) is 31.1 Å². The molecular formula is C32H31N3O4. The third-order valence-corrected chi connectivity index (χ3v) is 6.38. The summed E-state index contributed by atoms with van der Waals surface area (Å²) in [7, 11) is 0. The molecule has 0 aromatic heterocycles. The molecule has 0 atom stereocenters. The van der Waals surface area contributed by atoms with Gasteiger partial charge in [-0.05, 0) is 52.9 Å². The van der Waals surface area contributed by atoms with Gasteiger partial charge < -0.3 is 14.8 Å². The Hall–Kier alpha value is -4.64. The minimum Gasteiger partial charge on any atom is -0.489 e. The number of carbonyl (C=O) groups excluding carboxylic acids is 1. The Kier molecular flexibility index (Phi) is 9.68. The van der Waals surface area contributed by atoms with E-state index >= 15 is 0 Å². The van der Waals surface area contributed by atoms with Crippen LogP contribution in [0.4, 0.5) is 0 Å². The topological polar surface area (TPSA) is 104 Å². The lowest BCUT2D eigenvalue weighted by Gasteiger charge is -2.16. The quantitative estimate of drug-likeness (QED) is 0.126. The molecule has 0 saturated carbocycles. The number of carbonyl (C=O) groups is 1. The van der Waals surface area contributed by atoms with Crippen LogP contribution < -0.4 is 20.3 Å². The number of rotatable bonds is 12. The molecule has 0 saturated heterocycles.